The first-order valence-electron chi connectivity index (χ1n) is 11.0. The van der Waals surface area contributed by atoms with Gasteiger partial charge >= 0.3 is 0 Å². The minimum Gasteiger partial charge on any atom is -0.457 e. The number of carbonyl (C=O) groups excluding carboxylic acids is 2. The molecule has 4 rings (SSSR count). The highest BCUT2D eigenvalue weighted by molar-refractivity contribution is 7.90. The topological polar surface area (TPSA) is 92.8 Å². The van der Waals surface area contributed by atoms with E-state index in [1.165, 1.54) is 23.8 Å². The average molecular weight is 479 g/mol. The number of ether oxygens (including phenoxy) is 1. The van der Waals surface area contributed by atoms with Crippen LogP contribution in [-0.4, -0.2) is 31.1 Å². The summed E-state index contributed by atoms with van der Waals surface area (Å²) in [6.45, 7) is 5.95. The van der Waals surface area contributed by atoms with Crippen LogP contribution in [0.1, 0.15) is 43.1 Å². The lowest BCUT2D eigenvalue weighted by Gasteiger charge is -2.23. The van der Waals surface area contributed by atoms with Gasteiger partial charge in [0, 0.05) is 5.69 Å². The summed E-state index contributed by atoms with van der Waals surface area (Å²) in [5, 5.41) is 2.62. The maximum absolute atomic E-state index is 12.6. The predicted octanol–water partition coefficient (Wildman–Crippen LogP) is 4.95. The van der Waals surface area contributed by atoms with Crippen LogP contribution in [0.25, 0.3) is 0 Å². The summed E-state index contributed by atoms with van der Waals surface area (Å²) in [6, 6.07) is 20.6. The number of sulfonamides is 1. The van der Waals surface area contributed by atoms with Crippen molar-refractivity contribution in [1.82, 2.24) is 4.31 Å². The molecule has 0 saturated carbocycles. The minimum atomic E-state index is -4.04. The van der Waals surface area contributed by atoms with Gasteiger partial charge in [0.15, 0.2) is 0 Å². The Morgan fingerprint density at radius 2 is 1.53 bits per heavy atom. The molecule has 0 radical (unpaired) electrons. The molecule has 1 heterocycles. The molecule has 0 aromatic heterocycles. The van der Waals surface area contributed by atoms with E-state index in [9.17, 15) is 18.0 Å². The normalized spacial score (nSPS) is 14.6. The molecule has 0 fully saturated rings. The number of fused-ring (bicyclic) bond motifs is 1. The molecule has 176 valence electrons. The second-order valence-corrected chi connectivity index (χ2v) is 10.6. The van der Waals surface area contributed by atoms with Crippen LogP contribution < -0.4 is 10.1 Å². The Labute approximate surface area is 199 Å². The fraction of sp³-hybridized carbons (Fsp3) is 0.231. The number of amides is 2. The lowest BCUT2D eigenvalue weighted by Crippen LogP contribution is -2.37. The van der Waals surface area contributed by atoms with E-state index in [1.54, 1.807) is 30.3 Å². The summed E-state index contributed by atoms with van der Waals surface area (Å²) in [5.41, 5.74) is 1.87. The summed E-state index contributed by atoms with van der Waals surface area (Å²) < 4.78 is 31.7. The first-order chi connectivity index (χ1) is 16.1. The number of nitrogens with one attached hydrogen (secondary N) is 1. The van der Waals surface area contributed by atoms with Gasteiger partial charge < -0.3 is 10.1 Å². The molecule has 0 atom stereocenters. The van der Waals surface area contributed by atoms with Crippen molar-refractivity contribution in [2.24, 2.45) is 0 Å². The molecule has 0 bridgehead atoms. The van der Waals surface area contributed by atoms with Crippen LogP contribution in [0.3, 0.4) is 0 Å². The quantitative estimate of drug-likeness (QED) is 0.519. The third-order valence-electron chi connectivity index (χ3n) is 6.09. The van der Waals surface area contributed by atoms with Crippen molar-refractivity contribution in [1.29, 1.82) is 0 Å². The van der Waals surface area contributed by atoms with Gasteiger partial charge in [-0.05, 0) is 65.9 Å². The van der Waals surface area contributed by atoms with Crippen molar-refractivity contribution in [3.63, 3.8) is 0 Å². The molecule has 1 aliphatic rings. The molecule has 7 nitrogen and oxygen atoms in total. The molecule has 0 spiro atoms. The fourth-order valence-corrected chi connectivity index (χ4v) is 5.16. The number of hydrogen-bond donors (Lipinski definition) is 1. The third kappa shape index (κ3) is 4.54. The molecule has 2 amide bonds. The summed E-state index contributed by atoms with van der Waals surface area (Å²) in [5.74, 6) is -0.0339. The molecule has 0 unspecified atom stereocenters. The van der Waals surface area contributed by atoms with E-state index < -0.39 is 28.4 Å². The Hall–Kier alpha value is -3.65. The van der Waals surface area contributed by atoms with Crippen LogP contribution in [0, 0.1) is 0 Å². The SMILES string of the molecule is CCC(C)(C)c1ccc(Oc2ccc(NC(=O)CN3C(=O)c4ccccc4S3(=O)=O)cc2)cc1. The van der Waals surface area contributed by atoms with E-state index in [2.05, 4.69) is 38.2 Å². The van der Waals surface area contributed by atoms with Crippen LogP contribution in [0.2, 0.25) is 0 Å². The highest BCUT2D eigenvalue weighted by Crippen LogP contribution is 2.31. The molecule has 8 heteroatoms. The van der Waals surface area contributed by atoms with Crippen molar-refractivity contribution in [2.75, 3.05) is 11.9 Å². The molecule has 3 aromatic carbocycles. The number of benzene rings is 3. The summed E-state index contributed by atoms with van der Waals surface area (Å²) in [4.78, 5) is 24.8. The summed E-state index contributed by atoms with van der Waals surface area (Å²) in [6.07, 6.45) is 1.03. The summed E-state index contributed by atoms with van der Waals surface area (Å²) >= 11 is 0. The number of anilines is 1. The highest BCUT2D eigenvalue weighted by atomic mass is 32.2. The van der Waals surface area contributed by atoms with Crippen LogP contribution in [0.15, 0.2) is 77.7 Å². The fourth-order valence-electron chi connectivity index (χ4n) is 3.64. The first kappa shape index (κ1) is 23.5. The zero-order chi connectivity index (χ0) is 24.5. The van der Waals surface area contributed by atoms with Gasteiger partial charge in [0.1, 0.15) is 22.9 Å². The lowest BCUT2D eigenvalue weighted by atomic mass is 9.82. The van der Waals surface area contributed by atoms with Gasteiger partial charge in [-0.1, -0.05) is 45.0 Å². The standard InChI is InChI=1S/C26H26N2O5S/c1-4-26(2,3)18-9-13-20(14-10-18)33-21-15-11-19(12-16-21)27-24(29)17-28-25(30)22-7-5-6-8-23(22)34(28,31)32/h5-16H,4,17H2,1-3H3,(H,27,29). The van der Waals surface area contributed by atoms with Gasteiger partial charge in [-0.2, -0.15) is 0 Å². The van der Waals surface area contributed by atoms with Gasteiger partial charge in [0.05, 0.1) is 5.56 Å². The zero-order valence-electron chi connectivity index (χ0n) is 19.2. The first-order valence-corrected chi connectivity index (χ1v) is 12.4. The van der Waals surface area contributed by atoms with E-state index >= 15 is 0 Å². The second kappa shape index (κ2) is 8.95. The molecule has 3 aromatic rings. The Kier molecular flexibility index (Phi) is 6.18. The van der Waals surface area contributed by atoms with Gasteiger partial charge in [0.25, 0.3) is 15.9 Å². The van der Waals surface area contributed by atoms with Crippen LogP contribution in [0.5, 0.6) is 11.5 Å². The van der Waals surface area contributed by atoms with Crippen molar-refractivity contribution >= 4 is 27.5 Å². The smallest absolute Gasteiger partial charge is 0.269 e. The monoisotopic (exact) mass is 478 g/mol. The Morgan fingerprint density at radius 3 is 2.12 bits per heavy atom. The Bertz CT molecular complexity index is 1330. The van der Waals surface area contributed by atoms with E-state index in [0.29, 0.717) is 21.5 Å². The van der Waals surface area contributed by atoms with Gasteiger partial charge in [-0.25, -0.2) is 12.7 Å². The second-order valence-electron chi connectivity index (χ2n) is 8.75. The number of nitrogens with zero attached hydrogens (tertiary/aromatic N) is 1. The van der Waals surface area contributed by atoms with Crippen LogP contribution >= 0.6 is 0 Å². The average Bonchev–Trinajstić information content (AvgIpc) is 3.01. The molecular weight excluding hydrogens is 452 g/mol. The Morgan fingerprint density at radius 1 is 0.941 bits per heavy atom. The van der Waals surface area contributed by atoms with Crippen molar-refractivity contribution in [2.45, 2.75) is 37.5 Å². The minimum absolute atomic E-state index is 0.0723. The lowest BCUT2D eigenvalue weighted by molar-refractivity contribution is -0.116. The van der Waals surface area contributed by atoms with Gasteiger partial charge in [-0.15, -0.1) is 0 Å². The van der Waals surface area contributed by atoms with Gasteiger partial charge in [0.2, 0.25) is 5.91 Å². The summed E-state index contributed by atoms with van der Waals surface area (Å²) in [7, 11) is -4.04. The zero-order valence-corrected chi connectivity index (χ0v) is 20.1. The highest BCUT2D eigenvalue weighted by Gasteiger charge is 2.41. The largest absolute Gasteiger partial charge is 0.457 e. The Balaban J connectivity index is 1.38. The van der Waals surface area contributed by atoms with E-state index in [1.807, 2.05) is 12.1 Å². The molecule has 34 heavy (non-hydrogen) atoms. The molecule has 1 N–H and O–H groups in total. The van der Waals surface area contributed by atoms with E-state index in [4.69, 9.17) is 4.74 Å². The number of rotatable bonds is 7. The van der Waals surface area contributed by atoms with Crippen molar-refractivity contribution in [3.05, 3.63) is 83.9 Å². The molecular formula is C26H26N2O5S. The van der Waals surface area contributed by atoms with E-state index in [-0.39, 0.29) is 15.9 Å². The molecule has 1 aliphatic heterocycles. The maximum Gasteiger partial charge on any atom is 0.269 e. The van der Waals surface area contributed by atoms with Crippen molar-refractivity contribution in [3.8, 4) is 11.5 Å². The maximum atomic E-state index is 12.6. The third-order valence-corrected chi connectivity index (χ3v) is 7.88. The molecule has 0 saturated heterocycles. The van der Waals surface area contributed by atoms with E-state index in [0.717, 1.165) is 6.42 Å². The van der Waals surface area contributed by atoms with Crippen molar-refractivity contribution < 1.29 is 22.7 Å². The number of hydrogen-bond acceptors (Lipinski definition) is 5. The van der Waals surface area contributed by atoms with Gasteiger partial charge in [-0.3, -0.25) is 9.59 Å². The van der Waals surface area contributed by atoms with Crippen LogP contribution in [0.4, 0.5) is 5.69 Å². The van der Waals surface area contributed by atoms with Crippen LogP contribution in [-0.2, 0) is 20.2 Å². The predicted molar refractivity (Wildman–Crippen MR) is 130 cm³/mol. The molecule has 0 aliphatic carbocycles. The number of carbonyl (C=O) groups is 2.